The van der Waals surface area contributed by atoms with Gasteiger partial charge in [0.15, 0.2) is 11.6 Å². The number of halogens is 2. The molecule has 0 aliphatic rings. The van der Waals surface area contributed by atoms with Crippen LogP contribution in [0.5, 0.6) is 5.75 Å². The van der Waals surface area contributed by atoms with Crippen LogP contribution in [0.2, 0.25) is 0 Å². The van der Waals surface area contributed by atoms with Crippen molar-refractivity contribution in [3.05, 3.63) is 65.2 Å². The Labute approximate surface area is 117 Å². The van der Waals surface area contributed by atoms with E-state index in [0.29, 0.717) is 24.0 Å². The largest absolute Gasteiger partial charge is 0.494 e. The van der Waals surface area contributed by atoms with Crippen molar-refractivity contribution in [1.29, 1.82) is 0 Å². The Balaban J connectivity index is 2.09. The van der Waals surface area contributed by atoms with E-state index in [4.69, 9.17) is 10.5 Å². The molecule has 0 heterocycles. The van der Waals surface area contributed by atoms with Crippen molar-refractivity contribution in [2.75, 3.05) is 7.11 Å². The van der Waals surface area contributed by atoms with E-state index in [1.807, 2.05) is 0 Å². The Morgan fingerprint density at radius 1 is 1.00 bits per heavy atom. The van der Waals surface area contributed by atoms with Crippen LogP contribution in [0.4, 0.5) is 8.78 Å². The quantitative estimate of drug-likeness (QED) is 0.911. The van der Waals surface area contributed by atoms with Gasteiger partial charge in [-0.25, -0.2) is 8.78 Å². The first kappa shape index (κ1) is 14.5. The minimum Gasteiger partial charge on any atom is -0.494 e. The molecular weight excluding hydrogens is 260 g/mol. The van der Waals surface area contributed by atoms with Crippen molar-refractivity contribution in [1.82, 2.24) is 0 Å². The SMILES string of the molecule is COc1cccc(CC(N)Cc2ccccc2F)c1F. The minimum atomic E-state index is -0.404. The molecule has 0 saturated heterocycles. The zero-order valence-corrected chi connectivity index (χ0v) is 11.3. The monoisotopic (exact) mass is 277 g/mol. The third-order valence-electron chi connectivity index (χ3n) is 3.19. The van der Waals surface area contributed by atoms with Gasteiger partial charge in [-0.2, -0.15) is 0 Å². The predicted octanol–water partition coefficient (Wildman–Crippen LogP) is 3.09. The molecule has 2 nitrogen and oxygen atoms in total. The van der Waals surface area contributed by atoms with Gasteiger partial charge in [0, 0.05) is 6.04 Å². The third-order valence-corrected chi connectivity index (χ3v) is 3.19. The van der Waals surface area contributed by atoms with Crippen LogP contribution in [0.3, 0.4) is 0 Å². The first-order valence-corrected chi connectivity index (χ1v) is 6.42. The van der Waals surface area contributed by atoms with Crippen LogP contribution in [-0.4, -0.2) is 13.2 Å². The van der Waals surface area contributed by atoms with E-state index in [0.717, 1.165) is 0 Å². The highest BCUT2D eigenvalue weighted by Gasteiger charge is 2.13. The maximum Gasteiger partial charge on any atom is 0.168 e. The molecule has 0 aliphatic carbocycles. The van der Waals surface area contributed by atoms with Crippen LogP contribution < -0.4 is 10.5 Å². The van der Waals surface area contributed by atoms with Gasteiger partial charge in [-0.3, -0.25) is 0 Å². The van der Waals surface area contributed by atoms with Crippen LogP contribution in [-0.2, 0) is 12.8 Å². The van der Waals surface area contributed by atoms with Crippen molar-refractivity contribution in [2.45, 2.75) is 18.9 Å². The fourth-order valence-corrected chi connectivity index (χ4v) is 2.17. The predicted molar refractivity (Wildman–Crippen MR) is 74.7 cm³/mol. The van der Waals surface area contributed by atoms with Crippen LogP contribution >= 0.6 is 0 Å². The molecule has 0 saturated carbocycles. The maximum atomic E-state index is 14.0. The number of methoxy groups -OCH3 is 1. The molecule has 20 heavy (non-hydrogen) atoms. The lowest BCUT2D eigenvalue weighted by molar-refractivity contribution is 0.383. The summed E-state index contributed by atoms with van der Waals surface area (Å²) in [7, 11) is 1.42. The van der Waals surface area contributed by atoms with Gasteiger partial charge in [-0.15, -0.1) is 0 Å². The van der Waals surface area contributed by atoms with Crippen molar-refractivity contribution in [2.24, 2.45) is 5.73 Å². The normalized spacial score (nSPS) is 12.2. The molecule has 0 aliphatic heterocycles. The summed E-state index contributed by atoms with van der Waals surface area (Å²) >= 11 is 0. The Morgan fingerprint density at radius 3 is 2.35 bits per heavy atom. The van der Waals surface area contributed by atoms with E-state index in [9.17, 15) is 8.78 Å². The zero-order chi connectivity index (χ0) is 14.5. The molecule has 2 aromatic rings. The second-order valence-electron chi connectivity index (χ2n) is 4.69. The zero-order valence-electron chi connectivity index (χ0n) is 11.3. The topological polar surface area (TPSA) is 35.2 Å². The molecule has 0 aromatic heterocycles. The van der Waals surface area contributed by atoms with Crippen LogP contribution in [0.15, 0.2) is 42.5 Å². The van der Waals surface area contributed by atoms with Crippen molar-refractivity contribution < 1.29 is 13.5 Å². The summed E-state index contributed by atoms with van der Waals surface area (Å²) in [5.41, 5.74) is 7.02. The van der Waals surface area contributed by atoms with Crippen LogP contribution in [0.1, 0.15) is 11.1 Å². The first-order valence-electron chi connectivity index (χ1n) is 6.42. The number of benzene rings is 2. The van der Waals surface area contributed by atoms with Crippen LogP contribution in [0.25, 0.3) is 0 Å². The molecule has 0 amide bonds. The summed E-state index contributed by atoms with van der Waals surface area (Å²) in [5.74, 6) is -0.492. The molecule has 0 bridgehead atoms. The summed E-state index contributed by atoms with van der Waals surface area (Å²) in [4.78, 5) is 0. The number of hydrogen-bond acceptors (Lipinski definition) is 2. The maximum absolute atomic E-state index is 14.0. The van der Waals surface area contributed by atoms with E-state index in [2.05, 4.69) is 0 Å². The van der Waals surface area contributed by atoms with E-state index in [1.54, 1.807) is 36.4 Å². The smallest absolute Gasteiger partial charge is 0.168 e. The molecule has 0 fully saturated rings. The van der Waals surface area contributed by atoms with E-state index in [-0.39, 0.29) is 17.6 Å². The van der Waals surface area contributed by atoms with Crippen molar-refractivity contribution in [3.63, 3.8) is 0 Å². The van der Waals surface area contributed by atoms with Gasteiger partial charge in [0.1, 0.15) is 5.82 Å². The number of rotatable bonds is 5. The van der Waals surface area contributed by atoms with Gasteiger partial charge >= 0.3 is 0 Å². The Hall–Kier alpha value is -1.94. The number of nitrogens with two attached hydrogens (primary N) is 1. The molecule has 1 atom stereocenters. The van der Waals surface area contributed by atoms with E-state index in [1.165, 1.54) is 13.2 Å². The fourth-order valence-electron chi connectivity index (χ4n) is 2.17. The fraction of sp³-hybridized carbons (Fsp3) is 0.250. The number of ether oxygens (including phenoxy) is 1. The van der Waals surface area contributed by atoms with Crippen LogP contribution in [0, 0.1) is 11.6 Å². The second-order valence-corrected chi connectivity index (χ2v) is 4.69. The third kappa shape index (κ3) is 3.33. The molecule has 4 heteroatoms. The second kappa shape index (κ2) is 6.48. The molecule has 2 rings (SSSR count). The summed E-state index contributed by atoms with van der Waals surface area (Å²) in [6.45, 7) is 0. The number of hydrogen-bond donors (Lipinski definition) is 1. The molecular formula is C16H17F2NO. The Bertz CT molecular complexity index is 586. The van der Waals surface area contributed by atoms with Gasteiger partial charge in [-0.1, -0.05) is 30.3 Å². The van der Waals surface area contributed by atoms with Gasteiger partial charge < -0.3 is 10.5 Å². The average molecular weight is 277 g/mol. The van der Waals surface area contributed by atoms with Gasteiger partial charge in [0.05, 0.1) is 7.11 Å². The summed E-state index contributed by atoms with van der Waals surface area (Å²) in [6.07, 6.45) is 0.695. The molecule has 0 spiro atoms. The lowest BCUT2D eigenvalue weighted by Crippen LogP contribution is -2.26. The van der Waals surface area contributed by atoms with Gasteiger partial charge in [-0.05, 0) is 36.1 Å². The highest BCUT2D eigenvalue weighted by atomic mass is 19.1. The van der Waals surface area contributed by atoms with E-state index >= 15 is 0 Å². The first-order chi connectivity index (χ1) is 9.61. The highest BCUT2D eigenvalue weighted by Crippen LogP contribution is 2.21. The highest BCUT2D eigenvalue weighted by molar-refractivity contribution is 5.32. The Morgan fingerprint density at radius 2 is 1.65 bits per heavy atom. The summed E-state index contributed by atoms with van der Waals surface area (Å²) in [5, 5.41) is 0. The summed E-state index contributed by atoms with van der Waals surface area (Å²) < 4.78 is 32.5. The molecule has 2 aromatic carbocycles. The lowest BCUT2D eigenvalue weighted by Gasteiger charge is -2.14. The molecule has 0 radical (unpaired) electrons. The van der Waals surface area contributed by atoms with Crippen molar-refractivity contribution in [3.8, 4) is 5.75 Å². The average Bonchev–Trinajstić information content (AvgIpc) is 2.44. The van der Waals surface area contributed by atoms with E-state index < -0.39 is 5.82 Å². The van der Waals surface area contributed by atoms with Gasteiger partial charge in [0.25, 0.3) is 0 Å². The minimum absolute atomic E-state index is 0.195. The lowest BCUT2D eigenvalue weighted by atomic mass is 9.99. The van der Waals surface area contributed by atoms with Gasteiger partial charge in [0.2, 0.25) is 0 Å². The standard InChI is InChI=1S/C16H17F2NO/c1-20-15-8-4-6-12(16(15)18)10-13(19)9-11-5-2-3-7-14(11)17/h2-8,13H,9-10,19H2,1H3. The molecule has 2 N–H and O–H groups in total. The summed E-state index contributed by atoms with van der Waals surface area (Å²) in [6, 6.07) is 11.1. The van der Waals surface area contributed by atoms with Crippen molar-refractivity contribution >= 4 is 0 Å². The Kier molecular flexibility index (Phi) is 4.69. The molecule has 1 unspecified atom stereocenters. The molecule has 106 valence electrons.